The first-order valence-electron chi connectivity index (χ1n) is 7.06. The van der Waals surface area contributed by atoms with E-state index < -0.39 is 33.6 Å². The number of nitrogens with two attached hydrogens (primary N) is 1. The Kier molecular flexibility index (Phi) is 4.11. The molecule has 0 bridgehead atoms. The molecule has 8 nitrogen and oxygen atoms in total. The molecule has 2 aromatic carbocycles. The molecule has 1 aliphatic heterocycles. The Labute approximate surface area is 142 Å². The van der Waals surface area contributed by atoms with Crippen molar-refractivity contribution in [3.8, 4) is 0 Å². The SMILES string of the molecule is NS(=O)(=O)Cc1cccc(C(=O)ON2C(=O)c3ccccc3C2=O)c1. The van der Waals surface area contributed by atoms with Crippen molar-refractivity contribution in [1.82, 2.24) is 5.06 Å². The number of rotatable bonds is 4. The van der Waals surface area contributed by atoms with Crippen LogP contribution in [-0.4, -0.2) is 31.3 Å². The van der Waals surface area contributed by atoms with Gasteiger partial charge in [0.05, 0.1) is 22.4 Å². The zero-order valence-corrected chi connectivity index (χ0v) is 13.5. The molecule has 0 spiro atoms. The Morgan fingerprint density at radius 1 is 1.00 bits per heavy atom. The molecule has 0 aliphatic carbocycles. The molecule has 1 aliphatic rings. The van der Waals surface area contributed by atoms with E-state index in [1.165, 1.54) is 36.4 Å². The quantitative estimate of drug-likeness (QED) is 0.806. The van der Waals surface area contributed by atoms with Gasteiger partial charge in [-0.25, -0.2) is 18.4 Å². The standard InChI is InChI=1S/C16H12N2O6S/c17-25(22,23)9-10-4-3-5-11(8-10)16(21)24-18-14(19)12-6-1-2-7-13(12)15(18)20/h1-8H,9H2,(H2,17,22,23). The number of fused-ring (bicyclic) bond motifs is 1. The molecule has 9 heteroatoms. The molecule has 0 fully saturated rings. The van der Waals surface area contributed by atoms with E-state index >= 15 is 0 Å². The fourth-order valence-corrected chi connectivity index (χ4v) is 3.05. The summed E-state index contributed by atoms with van der Waals surface area (Å²) in [5.74, 6) is -2.91. The van der Waals surface area contributed by atoms with Gasteiger partial charge in [0.15, 0.2) is 0 Å². The number of benzene rings is 2. The summed E-state index contributed by atoms with van der Waals surface area (Å²) in [7, 11) is -3.77. The van der Waals surface area contributed by atoms with Crippen molar-refractivity contribution in [2.45, 2.75) is 5.75 Å². The molecule has 0 aromatic heterocycles. The normalized spacial score (nSPS) is 13.7. The van der Waals surface area contributed by atoms with Crippen LogP contribution >= 0.6 is 0 Å². The van der Waals surface area contributed by atoms with Crippen LogP contribution in [0.4, 0.5) is 0 Å². The second kappa shape index (κ2) is 6.11. The minimum absolute atomic E-state index is 0.0160. The van der Waals surface area contributed by atoms with Crippen molar-refractivity contribution < 1.29 is 27.6 Å². The molecule has 0 radical (unpaired) electrons. The monoisotopic (exact) mass is 360 g/mol. The Hall–Kier alpha value is -3.04. The lowest BCUT2D eigenvalue weighted by atomic mass is 10.1. The largest absolute Gasteiger partial charge is 0.363 e. The maximum Gasteiger partial charge on any atom is 0.363 e. The van der Waals surface area contributed by atoms with Gasteiger partial charge >= 0.3 is 5.97 Å². The van der Waals surface area contributed by atoms with Crippen molar-refractivity contribution in [1.29, 1.82) is 0 Å². The van der Waals surface area contributed by atoms with E-state index in [9.17, 15) is 22.8 Å². The van der Waals surface area contributed by atoms with Crippen LogP contribution in [0.15, 0.2) is 48.5 Å². The number of hydrogen-bond acceptors (Lipinski definition) is 6. The molecular weight excluding hydrogens is 348 g/mol. The highest BCUT2D eigenvalue weighted by Gasteiger charge is 2.38. The van der Waals surface area contributed by atoms with E-state index in [1.54, 1.807) is 12.1 Å². The number of nitrogens with zero attached hydrogens (tertiary/aromatic N) is 1. The first-order valence-corrected chi connectivity index (χ1v) is 8.77. The maximum atomic E-state index is 12.2. The zero-order chi connectivity index (χ0) is 18.2. The lowest BCUT2D eigenvalue weighted by molar-refractivity contribution is -0.0584. The van der Waals surface area contributed by atoms with Crippen LogP contribution in [0.1, 0.15) is 36.6 Å². The minimum atomic E-state index is -3.77. The third-order valence-electron chi connectivity index (χ3n) is 3.46. The predicted octanol–water partition coefficient (Wildman–Crippen LogP) is 0.843. The van der Waals surface area contributed by atoms with Crippen LogP contribution in [0, 0.1) is 0 Å². The van der Waals surface area contributed by atoms with Gasteiger partial charge in [0.2, 0.25) is 10.0 Å². The van der Waals surface area contributed by atoms with E-state index in [0.29, 0.717) is 5.06 Å². The highest BCUT2D eigenvalue weighted by atomic mass is 32.2. The van der Waals surface area contributed by atoms with Gasteiger partial charge in [-0.2, -0.15) is 0 Å². The third kappa shape index (κ3) is 3.42. The predicted molar refractivity (Wildman–Crippen MR) is 85.6 cm³/mol. The average molecular weight is 360 g/mol. The summed E-state index contributed by atoms with van der Waals surface area (Å²) in [6.07, 6.45) is 0. The number of primary sulfonamides is 1. The summed E-state index contributed by atoms with van der Waals surface area (Å²) in [5.41, 5.74) is 0.545. The highest BCUT2D eigenvalue weighted by Crippen LogP contribution is 2.23. The number of carbonyl (C=O) groups is 3. The molecule has 2 amide bonds. The number of hydroxylamine groups is 2. The van der Waals surface area contributed by atoms with Gasteiger partial charge in [-0.3, -0.25) is 9.59 Å². The second-order valence-corrected chi connectivity index (χ2v) is 6.95. The highest BCUT2D eigenvalue weighted by molar-refractivity contribution is 7.88. The van der Waals surface area contributed by atoms with Crippen LogP contribution in [0.2, 0.25) is 0 Å². The average Bonchev–Trinajstić information content (AvgIpc) is 2.79. The van der Waals surface area contributed by atoms with Gasteiger partial charge in [0.25, 0.3) is 11.8 Å². The molecule has 0 unspecified atom stereocenters. The number of imide groups is 1. The lowest BCUT2D eigenvalue weighted by Crippen LogP contribution is -2.32. The second-order valence-electron chi connectivity index (χ2n) is 5.34. The van der Waals surface area contributed by atoms with E-state index in [0.717, 1.165) is 0 Å². The number of carbonyl (C=O) groups excluding carboxylic acids is 3. The molecule has 25 heavy (non-hydrogen) atoms. The smallest absolute Gasteiger partial charge is 0.324 e. The molecule has 0 atom stereocenters. The van der Waals surface area contributed by atoms with Crippen LogP contribution in [-0.2, 0) is 20.6 Å². The first kappa shape index (κ1) is 16.8. The van der Waals surface area contributed by atoms with E-state index in [-0.39, 0.29) is 22.3 Å². The Bertz CT molecular complexity index is 964. The summed E-state index contributed by atoms with van der Waals surface area (Å²) in [6, 6.07) is 11.6. The number of sulfonamides is 1. The van der Waals surface area contributed by atoms with Gasteiger partial charge < -0.3 is 4.84 Å². The minimum Gasteiger partial charge on any atom is -0.324 e. The molecule has 0 saturated carbocycles. The fourth-order valence-electron chi connectivity index (χ4n) is 2.41. The Morgan fingerprint density at radius 3 is 2.16 bits per heavy atom. The van der Waals surface area contributed by atoms with Gasteiger partial charge in [0, 0.05) is 0 Å². The van der Waals surface area contributed by atoms with Gasteiger partial charge in [-0.05, 0) is 29.8 Å². The molecule has 0 saturated heterocycles. The fraction of sp³-hybridized carbons (Fsp3) is 0.0625. The molecule has 3 rings (SSSR count). The van der Waals surface area contributed by atoms with E-state index in [4.69, 9.17) is 9.98 Å². The number of hydrogen-bond donors (Lipinski definition) is 1. The van der Waals surface area contributed by atoms with Crippen LogP contribution in [0.3, 0.4) is 0 Å². The van der Waals surface area contributed by atoms with Gasteiger partial charge in [-0.15, -0.1) is 0 Å². The molecule has 128 valence electrons. The maximum absolute atomic E-state index is 12.2. The first-order chi connectivity index (χ1) is 11.8. The topological polar surface area (TPSA) is 124 Å². The summed E-state index contributed by atoms with van der Waals surface area (Å²) < 4.78 is 22.3. The summed E-state index contributed by atoms with van der Waals surface area (Å²) in [5, 5.41) is 5.36. The van der Waals surface area contributed by atoms with Gasteiger partial charge in [0.1, 0.15) is 0 Å². The third-order valence-corrected chi connectivity index (χ3v) is 4.20. The summed E-state index contributed by atoms with van der Waals surface area (Å²) in [6.45, 7) is 0. The van der Waals surface area contributed by atoms with Crippen molar-refractivity contribution in [2.75, 3.05) is 0 Å². The van der Waals surface area contributed by atoms with E-state index in [2.05, 4.69) is 0 Å². The van der Waals surface area contributed by atoms with Crippen LogP contribution < -0.4 is 5.14 Å². The number of amides is 2. The molecular formula is C16H12N2O6S. The van der Waals surface area contributed by atoms with Crippen molar-refractivity contribution >= 4 is 27.8 Å². The molecule has 1 heterocycles. The Morgan fingerprint density at radius 2 is 1.60 bits per heavy atom. The zero-order valence-electron chi connectivity index (χ0n) is 12.7. The van der Waals surface area contributed by atoms with Crippen molar-refractivity contribution in [2.24, 2.45) is 5.14 Å². The lowest BCUT2D eigenvalue weighted by Gasteiger charge is -2.13. The molecule has 2 aromatic rings. The van der Waals surface area contributed by atoms with Crippen molar-refractivity contribution in [3.63, 3.8) is 0 Å². The van der Waals surface area contributed by atoms with Crippen LogP contribution in [0.5, 0.6) is 0 Å². The van der Waals surface area contributed by atoms with E-state index in [1.807, 2.05) is 0 Å². The molecule has 2 N–H and O–H groups in total. The van der Waals surface area contributed by atoms with Crippen molar-refractivity contribution in [3.05, 3.63) is 70.8 Å². The summed E-state index contributed by atoms with van der Waals surface area (Å²) >= 11 is 0. The van der Waals surface area contributed by atoms with Crippen LogP contribution in [0.25, 0.3) is 0 Å². The van der Waals surface area contributed by atoms with Gasteiger partial charge in [-0.1, -0.05) is 29.3 Å². The Balaban J connectivity index is 1.81. The summed E-state index contributed by atoms with van der Waals surface area (Å²) in [4.78, 5) is 41.4.